The second-order valence-corrected chi connectivity index (χ2v) is 10.7. The predicted octanol–water partition coefficient (Wildman–Crippen LogP) is 6.26. The van der Waals surface area contributed by atoms with E-state index in [1.54, 1.807) is 11.0 Å². The summed E-state index contributed by atoms with van der Waals surface area (Å²) in [5.41, 5.74) is 2.78. The van der Waals surface area contributed by atoms with Gasteiger partial charge < -0.3 is 10.2 Å². The van der Waals surface area contributed by atoms with Crippen LogP contribution in [-0.2, 0) is 21.9 Å². The molecule has 0 saturated heterocycles. The van der Waals surface area contributed by atoms with E-state index < -0.39 is 6.04 Å². The van der Waals surface area contributed by atoms with E-state index in [1.807, 2.05) is 71.0 Å². The highest BCUT2D eigenvalue weighted by Crippen LogP contribution is 2.25. The van der Waals surface area contributed by atoms with Crippen molar-refractivity contribution in [3.63, 3.8) is 0 Å². The van der Waals surface area contributed by atoms with E-state index in [2.05, 4.69) is 5.32 Å². The van der Waals surface area contributed by atoms with Gasteiger partial charge in [-0.2, -0.15) is 0 Å². The zero-order valence-corrected chi connectivity index (χ0v) is 21.7. The maximum atomic E-state index is 13.3. The zero-order valence-electron chi connectivity index (χ0n) is 19.4. The van der Waals surface area contributed by atoms with Crippen molar-refractivity contribution in [3.8, 4) is 0 Å². The normalized spacial score (nSPS) is 12.3. The van der Waals surface area contributed by atoms with Crippen LogP contribution in [0.2, 0.25) is 10.0 Å². The number of nitrogens with zero attached hydrogens (tertiary/aromatic N) is 1. The fraction of sp³-hybridized carbons (Fsp3) is 0.440. The number of halogens is 2. The number of carbonyl (C=O) groups excluding carboxylic acids is 2. The Morgan fingerprint density at radius 3 is 2.22 bits per heavy atom. The van der Waals surface area contributed by atoms with Gasteiger partial charge >= 0.3 is 0 Å². The minimum Gasteiger partial charge on any atom is -0.350 e. The van der Waals surface area contributed by atoms with Crippen molar-refractivity contribution in [1.29, 1.82) is 0 Å². The van der Waals surface area contributed by atoms with E-state index >= 15 is 0 Å². The molecule has 0 aliphatic rings. The molecule has 2 aromatic rings. The standard InChI is InChI=1S/C25H32Cl2N2O2S/c1-6-22(24(31)28-25(3,4)5)29(14-18-9-7-17(2)8-10-18)23(30)16-32-15-19-11-12-20(26)21(27)13-19/h7-13,22H,6,14-16H2,1-5H3,(H,28,31)/t22-/m0/s1. The fourth-order valence-corrected chi connectivity index (χ4v) is 4.41. The van der Waals surface area contributed by atoms with E-state index in [4.69, 9.17) is 23.2 Å². The van der Waals surface area contributed by atoms with Crippen molar-refractivity contribution in [2.75, 3.05) is 5.75 Å². The SMILES string of the molecule is CC[C@@H](C(=O)NC(C)(C)C)N(Cc1ccc(C)cc1)C(=O)CSCc1ccc(Cl)c(Cl)c1. The lowest BCUT2D eigenvalue weighted by atomic mass is 10.1. The van der Waals surface area contributed by atoms with Crippen molar-refractivity contribution < 1.29 is 9.59 Å². The lowest BCUT2D eigenvalue weighted by Crippen LogP contribution is -2.53. The Labute approximate surface area is 206 Å². The fourth-order valence-electron chi connectivity index (χ4n) is 3.23. The van der Waals surface area contributed by atoms with Crippen LogP contribution in [0.1, 0.15) is 50.8 Å². The average Bonchev–Trinajstić information content (AvgIpc) is 2.70. The quantitative estimate of drug-likeness (QED) is 0.447. The van der Waals surface area contributed by atoms with Crippen molar-refractivity contribution >= 4 is 46.8 Å². The smallest absolute Gasteiger partial charge is 0.243 e. The van der Waals surface area contributed by atoms with Gasteiger partial charge in [0.05, 0.1) is 15.8 Å². The first-order valence-corrected chi connectivity index (χ1v) is 12.6. The lowest BCUT2D eigenvalue weighted by molar-refractivity contribution is -0.140. The highest BCUT2D eigenvalue weighted by atomic mass is 35.5. The molecular weight excluding hydrogens is 463 g/mol. The van der Waals surface area contributed by atoms with Gasteiger partial charge in [0.25, 0.3) is 0 Å². The molecule has 0 heterocycles. The summed E-state index contributed by atoms with van der Waals surface area (Å²) in [5, 5.41) is 4.04. The van der Waals surface area contributed by atoms with Crippen LogP contribution in [0.15, 0.2) is 42.5 Å². The molecule has 0 spiro atoms. The van der Waals surface area contributed by atoms with Crippen LogP contribution in [0.4, 0.5) is 0 Å². The number of hydrogen-bond acceptors (Lipinski definition) is 3. The topological polar surface area (TPSA) is 49.4 Å². The molecule has 174 valence electrons. The van der Waals surface area contributed by atoms with Crippen LogP contribution in [0.5, 0.6) is 0 Å². The molecule has 0 bridgehead atoms. The van der Waals surface area contributed by atoms with E-state index in [0.717, 1.165) is 16.7 Å². The molecule has 2 amide bonds. The molecule has 0 unspecified atom stereocenters. The number of nitrogens with one attached hydrogen (secondary N) is 1. The van der Waals surface area contributed by atoms with E-state index in [1.165, 1.54) is 11.8 Å². The zero-order chi connectivity index (χ0) is 23.9. The van der Waals surface area contributed by atoms with Gasteiger partial charge in [0.2, 0.25) is 11.8 Å². The molecule has 1 N–H and O–H groups in total. The van der Waals surface area contributed by atoms with Crippen LogP contribution in [0, 0.1) is 6.92 Å². The number of carbonyl (C=O) groups is 2. The largest absolute Gasteiger partial charge is 0.350 e. The first-order chi connectivity index (χ1) is 15.0. The Kier molecular flexibility index (Phi) is 9.93. The summed E-state index contributed by atoms with van der Waals surface area (Å²) in [6, 6.07) is 13.0. The lowest BCUT2D eigenvalue weighted by Gasteiger charge is -2.33. The molecule has 0 aromatic heterocycles. The molecule has 7 heteroatoms. The summed E-state index contributed by atoms with van der Waals surface area (Å²) in [6.07, 6.45) is 0.539. The maximum absolute atomic E-state index is 13.3. The monoisotopic (exact) mass is 494 g/mol. The van der Waals surface area contributed by atoms with Crippen LogP contribution < -0.4 is 5.32 Å². The third-order valence-corrected chi connectivity index (χ3v) is 6.56. The number of hydrogen-bond donors (Lipinski definition) is 1. The van der Waals surface area contributed by atoms with Gasteiger partial charge in [-0.05, 0) is 57.4 Å². The Morgan fingerprint density at radius 2 is 1.66 bits per heavy atom. The molecule has 0 saturated carbocycles. The Balaban J connectivity index is 2.15. The summed E-state index contributed by atoms with van der Waals surface area (Å²) in [6.45, 7) is 10.2. The van der Waals surface area contributed by atoms with Crippen molar-refractivity contribution in [1.82, 2.24) is 10.2 Å². The third kappa shape index (κ3) is 8.34. The molecule has 0 aliphatic carbocycles. The van der Waals surface area contributed by atoms with Gasteiger partial charge in [-0.3, -0.25) is 9.59 Å². The summed E-state index contributed by atoms with van der Waals surface area (Å²) in [7, 11) is 0. The minimum absolute atomic E-state index is 0.0634. The molecule has 32 heavy (non-hydrogen) atoms. The molecule has 0 radical (unpaired) electrons. The summed E-state index contributed by atoms with van der Waals surface area (Å²) in [4.78, 5) is 28.0. The molecule has 1 atom stereocenters. The number of thioether (sulfide) groups is 1. The average molecular weight is 496 g/mol. The van der Waals surface area contributed by atoms with Crippen molar-refractivity contribution in [2.24, 2.45) is 0 Å². The second-order valence-electron chi connectivity index (χ2n) is 8.91. The van der Waals surface area contributed by atoms with E-state index in [-0.39, 0.29) is 23.1 Å². The third-order valence-electron chi connectivity index (χ3n) is 4.84. The van der Waals surface area contributed by atoms with Crippen LogP contribution in [0.25, 0.3) is 0 Å². The molecular formula is C25H32Cl2N2O2S. The first-order valence-electron chi connectivity index (χ1n) is 10.7. The number of amides is 2. The first kappa shape index (κ1) is 26.6. The van der Waals surface area contributed by atoms with Crippen LogP contribution >= 0.6 is 35.0 Å². The van der Waals surface area contributed by atoms with Crippen molar-refractivity contribution in [3.05, 3.63) is 69.2 Å². The Morgan fingerprint density at radius 1 is 1.03 bits per heavy atom. The van der Waals surface area contributed by atoms with E-state index in [0.29, 0.717) is 28.8 Å². The number of aryl methyl sites for hydroxylation is 1. The molecule has 0 fully saturated rings. The second kappa shape index (κ2) is 12.0. The van der Waals surface area contributed by atoms with Crippen LogP contribution in [0.3, 0.4) is 0 Å². The minimum atomic E-state index is -0.534. The summed E-state index contributed by atoms with van der Waals surface area (Å²) in [5.74, 6) is 0.707. The highest BCUT2D eigenvalue weighted by Gasteiger charge is 2.30. The van der Waals surface area contributed by atoms with Gasteiger partial charge in [-0.25, -0.2) is 0 Å². The summed E-state index contributed by atoms with van der Waals surface area (Å²) < 4.78 is 0. The van der Waals surface area contributed by atoms with Gasteiger partial charge in [-0.15, -0.1) is 11.8 Å². The van der Waals surface area contributed by atoms with Crippen LogP contribution in [-0.4, -0.2) is 34.0 Å². The van der Waals surface area contributed by atoms with Gasteiger partial charge in [0.1, 0.15) is 6.04 Å². The highest BCUT2D eigenvalue weighted by molar-refractivity contribution is 7.99. The molecule has 2 aromatic carbocycles. The Hall–Kier alpha value is -1.69. The molecule has 4 nitrogen and oxygen atoms in total. The van der Waals surface area contributed by atoms with Gasteiger partial charge in [0, 0.05) is 17.8 Å². The van der Waals surface area contributed by atoms with Gasteiger partial charge in [0.15, 0.2) is 0 Å². The van der Waals surface area contributed by atoms with Crippen molar-refractivity contribution in [2.45, 2.75) is 64.9 Å². The number of benzene rings is 2. The number of rotatable bonds is 9. The Bertz CT molecular complexity index is 927. The predicted molar refractivity (Wildman–Crippen MR) is 136 cm³/mol. The van der Waals surface area contributed by atoms with Gasteiger partial charge in [-0.1, -0.05) is 66.0 Å². The summed E-state index contributed by atoms with van der Waals surface area (Å²) >= 11 is 13.6. The molecule has 0 aliphatic heterocycles. The molecule has 2 rings (SSSR count). The maximum Gasteiger partial charge on any atom is 0.243 e. The van der Waals surface area contributed by atoms with E-state index in [9.17, 15) is 9.59 Å².